The van der Waals surface area contributed by atoms with Crippen LogP contribution in [0.25, 0.3) is 0 Å². The highest BCUT2D eigenvalue weighted by atomic mass is 16.6. The molecule has 9 nitrogen and oxygen atoms in total. The first kappa shape index (κ1) is 16.6. The lowest BCUT2D eigenvalue weighted by atomic mass is 9.82. The summed E-state index contributed by atoms with van der Waals surface area (Å²) in [4.78, 5) is 45.7. The highest BCUT2D eigenvalue weighted by molar-refractivity contribution is 5.96. The molecule has 4 atom stereocenters. The smallest absolute Gasteiger partial charge is 0.307 e. The first-order chi connectivity index (χ1) is 11.9. The highest BCUT2D eigenvalue weighted by Crippen LogP contribution is 2.48. The molecule has 9 heteroatoms. The van der Waals surface area contributed by atoms with Crippen LogP contribution < -0.4 is 10.9 Å². The van der Waals surface area contributed by atoms with Gasteiger partial charge in [0.25, 0.3) is 11.6 Å². The van der Waals surface area contributed by atoms with Gasteiger partial charge in [-0.3, -0.25) is 35.3 Å². The zero-order chi connectivity index (χ0) is 18.1. The summed E-state index contributed by atoms with van der Waals surface area (Å²) in [5, 5.41) is 19.9. The number of nitro benzene ring substituents is 1. The summed E-state index contributed by atoms with van der Waals surface area (Å²) >= 11 is 0. The van der Waals surface area contributed by atoms with Gasteiger partial charge in [-0.15, -0.1) is 0 Å². The van der Waals surface area contributed by atoms with Crippen LogP contribution in [0.4, 0.5) is 5.69 Å². The molecule has 0 aliphatic heterocycles. The van der Waals surface area contributed by atoms with Gasteiger partial charge >= 0.3 is 5.97 Å². The number of amides is 2. The average Bonchev–Trinajstić information content (AvgIpc) is 3.20. The second-order valence-corrected chi connectivity index (χ2v) is 6.09. The summed E-state index contributed by atoms with van der Waals surface area (Å²) in [5.41, 5.74) is 4.46. The van der Waals surface area contributed by atoms with E-state index in [0.29, 0.717) is 6.42 Å². The van der Waals surface area contributed by atoms with Crippen molar-refractivity contribution in [1.82, 2.24) is 10.9 Å². The maximum Gasteiger partial charge on any atom is 0.307 e. The highest BCUT2D eigenvalue weighted by Gasteiger charge is 2.51. The first-order valence-electron chi connectivity index (χ1n) is 7.64. The van der Waals surface area contributed by atoms with Crippen LogP contribution >= 0.6 is 0 Å². The number of benzene rings is 1. The molecule has 25 heavy (non-hydrogen) atoms. The summed E-state index contributed by atoms with van der Waals surface area (Å²) in [6, 6.07) is 4.88. The molecule has 1 fully saturated rings. The van der Waals surface area contributed by atoms with Gasteiger partial charge in [-0.1, -0.05) is 12.2 Å². The summed E-state index contributed by atoms with van der Waals surface area (Å²) in [6.45, 7) is 0. The Morgan fingerprint density at radius 1 is 1.04 bits per heavy atom. The van der Waals surface area contributed by atoms with Gasteiger partial charge in [0.05, 0.1) is 16.8 Å². The van der Waals surface area contributed by atoms with E-state index in [1.807, 2.05) is 12.2 Å². The molecular formula is C16H15N3O6. The number of carbonyl (C=O) groups is 3. The van der Waals surface area contributed by atoms with Crippen molar-refractivity contribution in [2.45, 2.75) is 6.42 Å². The minimum Gasteiger partial charge on any atom is -0.481 e. The maximum absolute atomic E-state index is 12.3. The van der Waals surface area contributed by atoms with Gasteiger partial charge in [-0.25, -0.2) is 0 Å². The standard InChI is InChI=1S/C16H15N3O6/c20-14(8-3-5-11(6-4-8)19(24)25)17-18-15(21)12-9-1-2-10(7-9)13(12)16(22)23/h1-6,9-10,12-13H,7H2,(H,17,20)(H,18,21)(H,22,23)/t9-,10-,12-,13-/m0/s1. The third-order valence-corrected chi connectivity index (χ3v) is 4.69. The van der Waals surface area contributed by atoms with Crippen LogP contribution in [0.2, 0.25) is 0 Å². The number of aliphatic carboxylic acids is 1. The monoisotopic (exact) mass is 345 g/mol. The molecule has 2 aliphatic rings. The molecule has 3 rings (SSSR count). The van der Waals surface area contributed by atoms with Crippen molar-refractivity contribution >= 4 is 23.5 Å². The Morgan fingerprint density at radius 3 is 2.20 bits per heavy atom. The molecule has 130 valence electrons. The van der Waals surface area contributed by atoms with E-state index in [9.17, 15) is 29.6 Å². The normalized spacial score (nSPS) is 26.2. The molecular weight excluding hydrogens is 330 g/mol. The average molecular weight is 345 g/mol. The van der Waals surface area contributed by atoms with Crippen LogP contribution in [-0.4, -0.2) is 27.8 Å². The first-order valence-corrected chi connectivity index (χ1v) is 7.64. The summed E-state index contributed by atoms with van der Waals surface area (Å²) < 4.78 is 0. The number of carboxylic acids is 1. The van der Waals surface area contributed by atoms with Gasteiger partial charge in [-0.2, -0.15) is 0 Å². The molecule has 1 aromatic rings. The zero-order valence-corrected chi connectivity index (χ0v) is 12.9. The molecule has 1 saturated carbocycles. The molecule has 0 unspecified atom stereocenters. The Labute approximate surface area is 141 Å². The number of hydrogen-bond donors (Lipinski definition) is 3. The molecule has 0 spiro atoms. The molecule has 2 bridgehead atoms. The predicted octanol–water partition coefficient (Wildman–Crippen LogP) is 0.879. The number of allylic oxidation sites excluding steroid dienone is 2. The lowest BCUT2D eigenvalue weighted by Crippen LogP contribution is -2.48. The molecule has 2 amide bonds. The number of nitrogens with one attached hydrogen (secondary N) is 2. The van der Waals surface area contributed by atoms with Gasteiger partial charge in [-0.05, 0) is 30.4 Å². The maximum atomic E-state index is 12.3. The zero-order valence-electron chi connectivity index (χ0n) is 12.9. The number of hydrazine groups is 1. The van der Waals surface area contributed by atoms with Crippen LogP contribution in [0, 0.1) is 33.8 Å². The third kappa shape index (κ3) is 3.08. The number of rotatable bonds is 4. The van der Waals surface area contributed by atoms with E-state index in [1.165, 1.54) is 24.3 Å². The van der Waals surface area contributed by atoms with Crippen LogP contribution in [0.15, 0.2) is 36.4 Å². The Hall–Kier alpha value is -3.23. The van der Waals surface area contributed by atoms with Crippen LogP contribution in [0.3, 0.4) is 0 Å². The fraction of sp³-hybridized carbons (Fsp3) is 0.312. The second-order valence-electron chi connectivity index (χ2n) is 6.09. The number of carboxylic acid groups (broad SMARTS) is 1. The second kappa shape index (κ2) is 6.34. The molecule has 0 aromatic heterocycles. The largest absolute Gasteiger partial charge is 0.481 e. The summed E-state index contributed by atoms with van der Waals surface area (Å²) in [7, 11) is 0. The van der Waals surface area contributed by atoms with Gasteiger partial charge in [0, 0.05) is 17.7 Å². The van der Waals surface area contributed by atoms with E-state index in [4.69, 9.17) is 0 Å². The summed E-state index contributed by atoms with van der Waals surface area (Å²) in [6.07, 6.45) is 4.28. The van der Waals surface area contributed by atoms with Gasteiger partial charge in [0.15, 0.2) is 0 Å². The minimum atomic E-state index is -1.03. The fourth-order valence-electron chi connectivity index (χ4n) is 3.52. The number of nitro groups is 1. The van der Waals surface area contributed by atoms with Crippen molar-refractivity contribution in [3.8, 4) is 0 Å². The molecule has 0 radical (unpaired) electrons. The number of hydrogen-bond acceptors (Lipinski definition) is 5. The quantitative estimate of drug-likeness (QED) is 0.420. The Balaban J connectivity index is 1.62. The third-order valence-electron chi connectivity index (χ3n) is 4.69. The molecule has 3 N–H and O–H groups in total. The van der Waals surface area contributed by atoms with Gasteiger partial charge in [0.2, 0.25) is 5.91 Å². The predicted molar refractivity (Wildman–Crippen MR) is 84.1 cm³/mol. The number of fused-ring (bicyclic) bond motifs is 2. The van der Waals surface area contributed by atoms with E-state index >= 15 is 0 Å². The van der Waals surface area contributed by atoms with Crippen molar-refractivity contribution in [2.75, 3.05) is 0 Å². The van der Waals surface area contributed by atoms with Crippen LogP contribution in [0.1, 0.15) is 16.8 Å². The van der Waals surface area contributed by atoms with E-state index < -0.39 is 34.5 Å². The van der Waals surface area contributed by atoms with Crippen molar-refractivity contribution in [2.24, 2.45) is 23.7 Å². The Kier molecular flexibility index (Phi) is 4.22. The SMILES string of the molecule is O=C(NNC(=O)[C@@H]1[C@@H](C(=O)O)[C@H]2C=C[C@H]1C2)c1ccc([N+](=O)[O-])cc1. The van der Waals surface area contributed by atoms with Crippen LogP contribution in [-0.2, 0) is 9.59 Å². The molecule has 0 saturated heterocycles. The van der Waals surface area contributed by atoms with E-state index in [0.717, 1.165) is 0 Å². The Bertz CT molecular complexity index is 773. The van der Waals surface area contributed by atoms with Crippen molar-refractivity contribution < 1.29 is 24.4 Å². The van der Waals surface area contributed by atoms with E-state index in [-0.39, 0.29) is 23.1 Å². The lowest BCUT2D eigenvalue weighted by Gasteiger charge is -2.23. The van der Waals surface area contributed by atoms with Gasteiger partial charge < -0.3 is 5.11 Å². The molecule has 1 aromatic carbocycles. The van der Waals surface area contributed by atoms with Crippen molar-refractivity contribution in [3.05, 3.63) is 52.1 Å². The Morgan fingerprint density at radius 2 is 1.64 bits per heavy atom. The van der Waals surface area contributed by atoms with E-state index in [2.05, 4.69) is 10.9 Å². The lowest BCUT2D eigenvalue weighted by molar-refractivity contribution is -0.384. The van der Waals surface area contributed by atoms with Gasteiger partial charge in [0.1, 0.15) is 0 Å². The van der Waals surface area contributed by atoms with Crippen LogP contribution in [0.5, 0.6) is 0 Å². The fourth-order valence-corrected chi connectivity index (χ4v) is 3.52. The molecule has 0 heterocycles. The summed E-state index contributed by atoms with van der Waals surface area (Å²) in [5.74, 6) is -4.08. The van der Waals surface area contributed by atoms with E-state index in [1.54, 1.807) is 0 Å². The van der Waals surface area contributed by atoms with Crippen molar-refractivity contribution in [1.29, 1.82) is 0 Å². The number of nitrogens with zero attached hydrogens (tertiary/aromatic N) is 1. The molecule has 2 aliphatic carbocycles. The topological polar surface area (TPSA) is 139 Å². The number of carbonyl (C=O) groups excluding carboxylic acids is 2. The minimum absolute atomic E-state index is 0.133. The number of non-ortho nitro benzene ring substituents is 1. The van der Waals surface area contributed by atoms with Crippen molar-refractivity contribution in [3.63, 3.8) is 0 Å².